The fraction of sp³-hybridized carbons (Fsp3) is 0.222. The van der Waals surface area contributed by atoms with Crippen LogP contribution in [0.25, 0.3) is 5.52 Å². The Labute approximate surface area is 134 Å². The Morgan fingerprint density at radius 2 is 2.17 bits per heavy atom. The summed E-state index contributed by atoms with van der Waals surface area (Å²) in [5, 5.41) is 6.50. The lowest BCUT2D eigenvalue weighted by Crippen LogP contribution is -2.35. The predicted molar refractivity (Wildman–Crippen MR) is 88.4 cm³/mol. The van der Waals surface area contributed by atoms with E-state index in [0.29, 0.717) is 5.69 Å². The van der Waals surface area contributed by atoms with E-state index in [2.05, 4.69) is 27.8 Å². The molecule has 1 unspecified atom stereocenters. The van der Waals surface area contributed by atoms with Gasteiger partial charge in [0.05, 0.1) is 12.4 Å². The third kappa shape index (κ3) is 2.71. The number of benzene rings is 1. The van der Waals surface area contributed by atoms with E-state index in [1.165, 1.54) is 11.1 Å². The third-order valence-electron chi connectivity index (χ3n) is 4.31. The molecule has 1 aromatic carbocycles. The van der Waals surface area contributed by atoms with Gasteiger partial charge in [-0.15, -0.1) is 0 Å². The quantitative estimate of drug-likeness (QED) is 0.761. The highest BCUT2D eigenvalue weighted by Crippen LogP contribution is 2.21. The smallest absolute Gasteiger partial charge is 0.270 e. The number of carbonyl (C=O) groups is 1. The number of rotatable bonds is 2. The topological polar surface area (TPSA) is 58.4 Å². The summed E-state index contributed by atoms with van der Waals surface area (Å²) in [6.07, 6.45) is 4.57. The minimum absolute atomic E-state index is 0.0361. The molecule has 1 atom stereocenters. The van der Waals surface area contributed by atoms with Crippen LogP contribution in [0.2, 0.25) is 0 Å². The molecular weight excluding hydrogens is 288 g/mol. The first-order chi connectivity index (χ1) is 11.3. The van der Waals surface area contributed by atoms with Crippen molar-refractivity contribution in [3.05, 3.63) is 71.8 Å². The Morgan fingerprint density at radius 1 is 1.26 bits per heavy atom. The molecule has 3 heterocycles. The van der Waals surface area contributed by atoms with Crippen molar-refractivity contribution < 1.29 is 4.79 Å². The number of aromatic nitrogens is 2. The number of fused-ring (bicyclic) bond motifs is 2. The van der Waals surface area contributed by atoms with E-state index in [1.807, 2.05) is 40.9 Å². The molecule has 0 fully saturated rings. The van der Waals surface area contributed by atoms with Crippen molar-refractivity contribution in [1.29, 1.82) is 0 Å². The van der Waals surface area contributed by atoms with Crippen LogP contribution in [0.3, 0.4) is 0 Å². The summed E-state index contributed by atoms with van der Waals surface area (Å²) in [6.45, 7) is 1.66. The van der Waals surface area contributed by atoms with Crippen molar-refractivity contribution in [2.24, 2.45) is 0 Å². The van der Waals surface area contributed by atoms with Gasteiger partial charge in [-0.3, -0.25) is 4.79 Å². The Balaban J connectivity index is 1.60. The number of carbonyl (C=O) groups excluding carboxylic acids is 1. The molecule has 1 amide bonds. The monoisotopic (exact) mass is 306 g/mol. The molecule has 1 aliphatic rings. The molecule has 116 valence electrons. The van der Waals surface area contributed by atoms with E-state index < -0.39 is 0 Å². The van der Waals surface area contributed by atoms with Crippen LogP contribution >= 0.6 is 0 Å². The van der Waals surface area contributed by atoms with Gasteiger partial charge in [0.25, 0.3) is 5.91 Å². The minimum atomic E-state index is -0.141. The predicted octanol–water partition coefficient (Wildman–Crippen LogP) is 1.95. The Morgan fingerprint density at radius 3 is 3.13 bits per heavy atom. The van der Waals surface area contributed by atoms with Gasteiger partial charge in [-0.2, -0.15) is 0 Å². The largest absolute Gasteiger partial charge is 0.343 e. The number of hydrogen-bond donors (Lipinski definition) is 2. The number of amides is 1. The van der Waals surface area contributed by atoms with Gasteiger partial charge in [0, 0.05) is 18.3 Å². The molecule has 23 heavy (non-hydrogen) atoms. The van der Waals surface area contributed by atoms with Gasteiger partial charge in [-0.05, 0) is 42.3 Å². The average molecular weight is 306 g/mol. The fourth-order valence-electron chi connectivity index (χ4n) is 3.10. The molecule has 0 aliphatic carbocycles. The molecule has 0 radical (unpaired) electrons. The summed E-state index contributed by atoms with van der Waals surface area (Å²) in [5.41, 5.74) is 3.88. The van der Waals surface area contributed by atoms with Gasteiger partial charge in [0.15, 0.2) is 0 Å². The molecule has 0 bridgehead atoms. The Hall–Kier alpha value is -2.66. The molecule has 4 rings (SSSR count). The molecule has 0 saturated carbocycles. The summed E-state index contributed by atoms with van der Waals surface area (Å²) in [7, 11) is 0. The van der Waals surface area contributed by atoms with Gasteiger partial charge in [-0.25, -0.2) is 4.98 Å². The Bertz CT molecular complexity index is 855. The van der Waals surface area contributed by atoms with Crippen LogP contribution in [-0.4, -0.2) is 28.4 Å². The Kier molecular flexibility index (Phi) is 3.55. The van der Waals surface area contributed by atoms with E-state index in [-0.39, 0.29) is 11.9 Å². The molecule has 1 aliphatic heterocycles. The van der Waals surface area contributed by atoms with Crippen LogP contribution in [0.15, 0.2) is 55.0 Å². The number of nitrogens with one attached hydrogen (secondary N) is 2. The average Bonchev–Trinajstić information content (AvgIpc) is 2.96. The van der Waals surface area contributed by atoms with E-state index in [9.17, 15) is 4.79 Å². The molecule has 2 aromatic heterocycles. The van der Waals surface area contributed by atoms with Crippen LogP contribution < -0.4 is 10.6 Å². The zero-order chi connectivity index (χ0) is 15.6. The first-order valence-electron chi connectivity index (χ1n) is 7.83. The highest BCUT2D eigenvalue weighted by molar-refractivity contribution is 5.93. The normalized spacial score (nSPS) is 17.5. The lowest BCUT2D eigenvalue weighted by Gasteiger charge is -2.19. The highest BCUT2D eigenvalue weighted by atomic mass is 16.1. The van der Waals surface area contributed by atoms with Crippen molar-refractivity contribution >= 4 is 11.4 Å². The second kappa shape index (κ2) is 5.85. The molecule has 2 N–H and O–H groups in total. The highest BCUT2D eigenvalue weighted by Gasteiger charge is 2.21. The van der Waals surface area contributed by atoms with Crippen molar-refractivity contribution in [1.82, 2.24) is 20.0 Å². The maximum Gasteiger partial charge on any atom is 0.270 e. The second-order valence-corrected chi connectivity index (χ2v) is 5.79. The molecule has 0 spiro atoms. The number of hydrogen-bond acceptors (Lipinski definition) is 3. The van der Waals surface area contributed by atoms with E-state index >= 15 is 0 Å². The zero-order valence-electron chi connectivity index (χ0n) is 12.7. The maximum absolute atomic E-state index is 12.6. The zero-order valence-corrected chi connectivity index (χ0v) is 12.7. The van der Waals surface area contributed by atoms with Gasteiger partial charge in [0.1, 0.15) is 5.69 Å². The summed E-state index contributed by atoms with van der Waals surface area (Å²) in [5.74, 6) is -0.141. The SMILES string of the molecule is O=C(NC1CNCCc2ccccc21)c1cc2cccn2cn1. The summed E-state index contributed by atoms with van der Waals surface area (Å²) in [4.78, 5) is 16.8. The summed E-state index contributed by atoms with van der Waals surface area (Å²) >= 11 is 0. The molecule has 5 heteroatoms. The van der Waals surface area contributed by atoms with Crippen LogP contribution in [0, 0.1) is 0 Å². The maximum atomic E-state index is 12.6. The van der Waals surface area contributed by atoms with E-state index in [1.54, 1.807) is 6.33 Å². The molecule has 3 aromatic rings. The van der Waals surface area contributed by atoms with Gasteiger partial charge >= 0.3 is 0 Å². The summed E-state index contributed by atoms with van der Waals surface area (Å²) in [6, 6.07) is 14.0. The first kappa shape index (κ1) is 14.0. The van der Waals surface area contributed by atoms with Crippen LogP contribution in [0.5, 0.6) is 0 Å². The lowest BCUT2D eigenvalue weighted by atomic mass is 9.99. The van der Waals surface area contributed by atoms with E-state index in [0.717, 1.165) is 25.0 Å². The van der Waals surface area contributed by atoms with Crippen molar-refractivity contribution in [2.45, 2.75) is 12.5 Å². The van der Waals surface area contributed by atoms with Crippen LogP contribution in [0.4, 0.5) is 0 Å². The minimum Gasteiger partial charge on any atom is -0.343 e. The van der Waals surface area contributed by atoms with Crippen LogP contribution in [-0.2, 0) is 6.42 Å². The molecule has 0 saturated heterocycles. The fourth-order valence-corrected chi connectivity index (χ4v) is 3.10. The summed E-state index contributed by atoms with van der Waals surface area (Å²) < 4.78 is 1.89. The molecule has 5 nitrogen and oxygen atoms in total. The lowest BCUT2D eigenvalue weighted by molar-refractivity contribution is 0.0931. The van der Waals surface area contributed by atoms with Crippen LogP contribution in [0.1, 0.15) is 27.7 Å². The first-order valence-corrected chi connectivity index (χ1v) is 7.83. The van der Waals surface area contributed by atoms with Gasteiger partial charge in [0.2, 0.25) is 0 Å². The van der Waals surface area contributed by atoms with E-state index in [4.69, 9.17) is 0 Å². The van der Waals surface area contributed by atoms with Crippen molar-refractivity contribution in [3.63, 3.8) is 0 Å². The second-order valence-electron chi connectivity index (χ2n) is 5.79. The van der Waals surface area contributed by atoms with Gasteiger partial charge < -0.3 is 15.0 Å². The third-order valence-corrected chi connectivity index (χ3v) is 4.31. The standard InChI is InChI=1S/C18H18N4O/c23-18(16-10-14-5-3-9-22(14)12-20-16)21-17-11-19-8-7-13-4-1-2-6-15(13)17/h1-6,9-10,12,17,19H,7-8,11H2,(H,21,23). The molecular formula is C18H18N4O. The van der Waals surface area contributed by atoms with Crippen molar-refractivity contribution in [3.8, 4) is 0 Å². The van der Waals surface area contributed by atoms with Gasteiger partial charge in [-0.1, -0.05) is 24.3 Å². The van der Waals surface area contributed by atoms with Crippen molar-refractivity contribution in [2.75, 3.05) is 13.1 Å². The number of nitrogens with zero attached hydrogens (tertiary/aromatic N) is 2.